The normalized spacial score (nSPS) is 54.6. The highest BCUT2D eigenvalue weighted by atomic mass is 16.8. The van der Waals surface area contributed by atoms with Crippen LogP contribution in [0.5, 0.6) is 0 Å². The third-order valence-corrected chi connectivity index (χ3v) is 11.8. The number of carbonyl (C=O) groups excluding carboxylic acids is 1. The molecule has 11 atom stereocenters. The van der Waals surface area contributed by atoms with Gasteiger partial charge in [-0.2, -0.15) is 0 Å². The van der Waals surface area contributed by atoms with Crippen LogP contribution in [-0.4, -0.2) is 72.5 Å². The summed E-state index contributed by atoms with van der Waals surface area (Å²) in [4.78, 5) is 11.8. The van der Waals surface area contributed by atoms with Crippen LogP contribution in [0, 0.1) is 28.6 Å². The summed E-state index contributed by atoms with van der Waals surface area (Å²) < 4.78 is 29.3. The summed E-state index contributed by atoms with van der Waals surface area (Å²) in [6.07, 6.45) is 8.71. The van der Waals surface area contributed by atoms with E-state index in [-0.39, 0.29) is 40.8 Å². The van der Waals surface area contributed by atoms with E-state index in [2.05, 4.69) is 19.9 Å². The van der Waals surface area contributed by atoms with Gasteiger partial charge in [0.15, 0.2) is 0 Å². The molecule has 8 heteroatoms. The smallest absolute Gasteiger partial charge is 0.331 e. The van der Waals surface area contributed by atoms with Gasteiger partial charge in [0.1, 0.15) is 18.8 Å². The maximum Gasteiger partial charge on any atom is 0.331 e. The number of aliphatic hydroxyl groups is 2. The molecule has 204 valence electrons. The van der Waals surface area contributed by atoms with Crippen LogP contribution in [0.2, 0.25) is 0 Å². The summed E-state index contributed by atoms with van der Waals surface area (Å²) in [5.74, 6) is -1.20. The topological polar surface area (TPSA) is 104 Å². The number of methoxy groups -OCH3 is 1. The summed E-state index contributed by atoms with van der Waals surface area (Å²) in [6, 6.07) is 0. The molecular weight excluding hydrogens is 476 g/mol. The Labute approximate surface area is 218 Å². The Hall–Kier alpha value is -1.29. The highest BCUT2D eigenvalue weighted by Gasteiger charge is 2.68. The molecule has 2 N–H and O–H groups in total. The molecule has 2 saturated heterocycles. The van der Waals surface area contributed by atoms with Crippen LogP contribution in [-0.2, 0) is 28.5 Å². The Kier molecular flexibility index (Phi) is 5.42. The van der Waals surface area contributed by atoms with Crippen LogP contribution in [0.25, 0.3) is 0 Å². The van der Waals surface area contributed by atoms with Gasteiger partial charge in [0.2, 0.25) is 12.1 Å². The maximum atomic E-state index is 12.5. The Balaban J connectivity index is 1.18. The van der Waals surface area contributed by atoms with Gasteiger partial charge >= 0.3 is 5.97 Å². The number of hydrogen-bond donors (Lipinski definition) is 2. The Morgan fingerprint density at radius 3 is 2.68 bits per heavy atom. The van der Waals surface area contributed by atoms with Gasteiger partial charge in [-0.05, 0) is 73.7 Å². The predicted octanol–water partition coefficient (Wildman–Crippen LogP) is 3.01. The van der Waals surface area contributed by atoms with Crippen LogP contribution in [0.1, 0.15) is 65.2 Å². The van der Waals surface area contributed by atoms with Crippen molar-refractivity contribution in [3.63, 3.8) is 0 Å². The van der Waals surface area contributed by atoms with E-state index in [0.29, 0.717) is 25.6 Å². The predicted molar refractivity (Wildman–Crippen MR) is 131 cm³/mol. The van der Waals surface area contributed by atoms with E-state index in [4.69, 9.17) is 23.7 Å². The summed E-state index contributed by atoms with van der Waals surface area (Å²) >= 11 is 0. The highest BCUT2D eigenvalue weighted by Crippen LogP contribution is 2.69. The largest absolute Gasteiger partial charge is 0.458 e. The van der Waals surface area contributed by atoms with Crippen molar-refractivity contribution in [1.29, 1.82) is 0 Å². The molecule has 7 aliphatic rings. The summed E-state index contributed by atoms with van der Waals surface area (Å²) in [6.45, 7) is 5.40. The van der Waals surface area contributed by atoms with Crippen LogP contribution in [0.15, 0.2) is 23.3 Å². The van der Waals surface area contributed by atoms with Crippen LogP contribution < -0.4 is 0 Å². The maximum absolute atomic E-state index is 12.5. The number of allylic oxidation sites excluding steroid dienone is 1. The molecule has 0 unspecified atom stereocenters. The standard InChI is InChI=1S/C29H40O8/c1-26-14-22-21(36-25-29(32,37-22)23(33-3)8-11-34-25)13-17(26)4-5-20-19(26)6-9-27(2)18(7-10-28(20,27)31)16-12-24(30)35-15-16/h12-13,18-23,25,31-32H,4-11,14-15H2,1-3H3/t18-,19+,20-,21-,22-,23-,25+,26+,27-,28+,29+/m1/s1. The van der Waals surface area contributed by atoms with Gasteiger partial charge < -0.3 is 33.9 Å². The van der Waals surface area contributed by atoms with Crippen LogP contribution in [0.4, 0.5) is 0 Å². The van der Waals surface area contributed by atoms with Gasteiger partial charge in [-0.1, -0.05) is 25.5 Å². The van der Waals surface area contributed by atoms with Gasteiger partial charge in [-0.15, -0.1) is 0 Å². The Bertz CT molecular complexity index is 1050. The zero-order valence-corrected chi connectivity index (χ0v) is 22.1. The fraction of sp³-hybridized carbons (Fsp3) is 0.828. The molecule has 0 bridgehead atoms. The molecule has 8 nitrogen and oxygen atoms in total. The molecule has 3 heterocycles. The number of rotatable bonds is 2. The van der Waals surface area contributed by atoms with Crippen LogP contribution in [0.3, 0.4) is 0 Å². The second kappa shape index (κ2) is 8.12. The first-order valence-electron chi connectivity index (χ1n) is 14.1. The van der Waals surface area contributed by atoms with Crippen molar-refractivity contribution < 1.29 is 38.7 Å². The molecule has 0 spiro atoms. The minimum atomic E-state index is -1.62. The summed E-state index contributed by atoms with van der Waals surface area (Å²) in [5.41, 5.74) is 1.27. The average Bonchev–Trinajstić information content (AvgIpc) is 3.40. The monoisotopic (exact) mass is 516 g/mol. The molecule has 0 radical (unpaired) electrons. The summed E-state index contributed by atoms with van der Waals surface area (Å²) in [7, 11) is 1.59. The molecule has 37 heavy (non-hydrogen) atoms. The first-order valence-corrected chi connectivity index (χ1v) is 14.1. The molecule has 5 fully saturated rings. The highest BCUT2D eigenvalue weighted by molar-refractivity contribution is 5.85. The Morgan fingerprint density at radius 2 is 1.92 bits per heavy atom. The van der Waals surface area contributed by atoms with Gasteiger partial charge in [0.05, 0.1) is 18.3 Å². The molecule has 3 aliphatic heterocycles. The molecule has 0 amide bonds. The second-order valence-electron chi connectivity index (χ2n) is 13.1. The first-order chi connectivity index (χ1) is 17.6. The zero-order chi connectivity index (χ0) is 25.8. The fourth-order valence-electron chi connectivity index (χ4n) is 9.81. The van der Waals surface area contributed by atoms with E-state index in [9.17, 15) is 15.0 Å². The van der Waals surface area contributed by atoms with E-state index in [1.54, 1.807) is 13.2 Å². The minimum Gasteiger partial charge on any atom is -0.458 e. The van der Waals surface area contributed by atoms with Gasteiger partial charge in [0, 0.05) is 25.0 Å². The number of cyclic esters (lactones) is 1. The molecule has 4 aliphatic carbocycles. The average molecular weight is 517 g/mol. The van der Waals surface area contributed by atoms with Crippen molar-refractivity contribution >= 4 is 5.97 Å². The first kappa shape index (κ1) is 24.7. The van der Waals surface area contributed by atoms with Crippen molar-refractivity contribution in [1.82, 2.24) is 0 Å². The number of ether oxygens (including phenoxy) is 5. The molecule has 0 aromatic carbocycles. The van der Waals surface area contributed by atoms with E-state index in [0.717, 1.165) is 50.5 Å². The number of esters is 1. The molecule has 3 saturated carbocycles. The summed E-state index contributed by atoms with van der Waals surface area (Å²) in [5, 5.41) is 23.9. The lowest BCUT2D eigenvalue weighted by molar-refractivity contribution is -0.442. The fourth-order valence-corrected chi connectivity index (χ4v) is 9.81. The third kappa shape index (κ3) is 3.20. The number of carbonyl (C=O) groups is 1. The Morgan fingerprint density at radius 1 is 1.08 bits per heavy atom. The van der Waals surface area contributed by atoms with E-state index in [1.165, 1.54) is 5.57 Å². The third-order valence-electron chi connectivity index (χ3n) is 11.8. The van der Waals surface area contributed by atoms with E-state index < -0.39 is 23.8 Å². The molecule has 0 aromatic rings. The second-order valence-corrected chi connectivity index (χ2v) is 13.1. The molecular formula is C29H40O8. The van der Waals surface area contributed by atoms with Crippen molar-refractivity contribution in [2.75, 3.05) is 20.3 Å². The van der Waals surface area contributed by atoms with Gasteiger partial charge in [0.25, 0.3) is 0 Å². The SMILES string of the molecule is CO[C@@H]1CCO[C@H]2O[C@@H]3C=C4CC[C@@H]5[C@H](CC[C@]6(C)[C@@H](C7=CC(=O)OC7)CC[C@]56O)[C@@]4(C)C[C@H]3O[C@]21O. The van der Waals surface area contributed by atoms with Gasteiger partial charge in [-0.3, -0.25) is 0 Å². The van der Waals surface area contributed by atoms with E-state index in [1.807, 2.05) is 0 Å². The van der Waals surface area contributed by atoms with Crippen molar-refractivity contribution in [2.24, 2.45) is 28.6 Å². The van der Waals surface area contributed by atoms with Crippen molar-refractivity contribution in [3.05, 3.63) is 23.3 Å². The quantitative estimate of drug-likeness (QED) is 0.427. The van der Waals surface area contributed by atoms with Crippen molar-refractivity contribution in [2.45, 2.75) is 101 Å². The van der Waals surface area contributed by atoms with E-state index >= 15 is 0 Å². The molecule has 7 rings (SSSR count). The van der Waals surface area contributed by atoms with Crippen LogP contribution >= 0.6 is 0 Å². The lowest BCUT2D eigenvalue weighted by Crippen LogP contribution is -2.68. The van der Waals surface area contributed by atoms with Crippen molar-refractivity contribution in [3.8, 4) is 0 Å². The lowest BCUT2D eigenvalue weighted by atomic mass is 9.45. The van der Waals surface area contributed by atoms with Gasteiger partial charge in [-0.25, -0.2) is 4.79 Å². The minimum absolute atomic E-state index is 0.143. The number of fused-ring (bicyclic) bond motifs is 7. The zero-order valence-electron chi connectivity index (χ0n) is 22.1. The molecule has 0 aromatic heterocycles. The lowest BCUT2D eigenvalue weighted by Gasteiger charge is -2.63. The number of hydrogen-bond acceptors (Lipinski definition) is 8.